The second-order valence-corrected chi connectivity index (χ2v) is 2.20. The standard InChI is InChI=1S/C8H11N.CH4/c1-7(9)8-5-3-2-4-6-8;/h2-7H,9H2,1H3;1H4. The van der Waals surface area contributed by atoms with Gasteiger partial charge >= 0.3 is 0 Å². The van der Waals surface area contributed by atoms with E-state index < -0.39 is 0 Å². The van der Waals surface area contributed by atoms with Gasteiger partial charge in [0.15, 0.2) is 0 Å². The van der Waals surface area contributed by atoms with E-state index in [1.165, 1.54) is 5.56 Å². The molecule has 0 aromatic heterocycles. The van der Waals surface area contributed by atoms with Crippen LogP contribution in [0.2, 0.25) is 0 Å². The average Bonchev–Trinajstić information content (AvgIpc) is 1.90. The van der Waals surface area contributed by atoms with Gasteiger partial charge < -0.3 is 5.73 Å². The van der Waals surface area contributed by atoms with E-state index in [9.17, 15) is 0 Å². The van der Waals surface area contributed by atoms with E-state index in [1.807, 2.05) is 37.3 Å². The van der Waals surface area contributed by atoms with E-state index in [2.05, 4.69) is 0 Å². The molecule has 1 aromatic rings. The Morgan fingerprint density at radius 1 is 1.20 bits per heavy atom. The van der Waals surface area contributed by atoms with Crippen LogP contribution in [0.15, 0.2) is 30.3 Å². The van der Waals surface area contributed by atoms with Crippen molar-refractivity contribution in [3.8, 4) is 0 Å². The SMILES string of the molecule is C.CC(N)c1ccccc1. The first-order valence-electron chi connectivity index (χ1n) is 3.11. The second-order valence-electron chi connectivity index (χ2n) is 2.20. The lowest BCUT2D eigenvalue weighted by Gasteiger charge is -2.02. The molecule has 0 bridgehead atoms. The molecule has 0 spiro atoms. The first-order chi connectivity index (χ1) is 4.30. The third-order valence-electron chi connectivity index (χ3n) is 1.33. The minimum absolute atomic E-state index is 0. The molecular formula is C9H15N. The highest BCUT2D eigenvalue weighted by Crippen LogP contribution is 2.06. The number of benzene rings is 1. The fraction of sp³-hybridized carbons (Fsp3) is 0.333. The van der Waals surface area contributed by atoms with E-state index >= 15 is 0 Å². The van der Waals surface area contributed by atoms with Crippen LogP contribution in [0.3, 0.4) is 0 Å². The summed E-state index contributed by atoms with van der Waals surface area (Å²) >= 11 is 0. The number of rotatable bonds is 1. The van der Waals surface area contributed by atoms with Crippen molar-refractivity contribution in [1.29, 1.82) is 0 Å². The average molecular weight is 137 g/mol. The maximum absolute atomic E-state index is 5.61. The molecule has 1 aromatic carbocycles. The quantitative estimate of drug-likeness (QED) is 0.631. The molecule has 0 fully saturated rings. The van der Waals surface area contributed by atoms with Gasteiger partial charge in [0.05, 0.1) is 0 Å². The van der Waals surface area contributed by atoms with Crippen LogP contribution in [-0.4, -0.2) is 0 Å². The van der Waals surface area contributed by atoms with Crippen LogP contribution in [0.5, 0.6) is 0 Å². The fourth-order valence-electron chi connectivity index (χ4n) is 0.757. The van der Waals surface area contributed by atoms with E-state index in [1.54, 1.807) is 0 Å². The zero-order valence-corrected chi connectivity index (χ0v) is 5.54. The molecular weight excluding hydrogens is 122 g/mol. The minimum Gasteiger partial charge on any atom is -0.324 e. The molecule has 1 nitrogen and oxygen atoms in total. The summed E-state index contributed by atoms with van der Waals surface area (Å²) in [4.78, 5) is 0. The summed E-state index contributed by atoms with van der Waals surface area (Å²) in [7, 11) is 0. The normalized spacial score (nSPS) is 11.8. The summed E-state index contributed by atoms with van der Waals surface area (Å²) in [6.07, 6.45) is 0. The van der Waals surface area contributed by atoms with Gasteiger partial charge in [-0.1, -0.05) is 37.8 Å². The zero-order valence-electron chi connectivity index (χ0n) is 5.54. The highest BCUT2D eigenvalue weighted by Gasteiger charge is 1.93. The molecule has 0 amide bonds. The number of hydrogen-bond acceptors (Lipinski definition) is 1. The molecule has 0 heterocycles. The number of hydrogen-bond donors (Lipinski definition) is 1. The van der Waals surface area contributed by atoms with E-state index in [-0.39, 0.29) is 13.5 Å². The van der Waals surface area contributed by atoms with Crippen LogP contribution in [0, 0.1) is 0 Å². The van der Waals surface area contributed by atoms with Gasteiger partial charge in [0.25, 0.3) is 0 Å². The van der Waals surface area contributed by atoms with Crippen molar-refractivity contribution >= 4 is 0 Å². The third-order valence-corrected chi connectivity index (χ3v) is 1.33. The lowest BCUT2D eigenvalue weighted by molar-refractivity contribution is 0.818. The summed E-state index contributed by atoms with van der Waals surface area (Å²) in [6.45, 7) is 1.98. The summed E-state index contributed by atoms with van der Waals surface area (Å²) in [5.74, 6) is 0. The van der Waals surface area contributed by atoms with Crippen molar-refractivity contribution in [2.24, 2.45) is 5.73 Å². The van der Waals surface area contributed by atoms with Crippen molar-refractivity contribution in [1.82, 2.24) is 0 Å². The van der Waals surface area contributed by atoms with Crippen LogP contribution in [0.4, 0.5) is 0 Å². The third kappa shape index (κ3) is 2.19. The molecule has 0 radical (unpaired) electrons. The highest BCUT2D eigenvalue weighted by atomic mass is 14.6. The molecule has 1 atom stereocenters. The predicted octanol–water partition coefficient (Wildman–Crippen LogP) is 2.34. The molecule has 56 valence electrons. The van der Waals surface area contributed by atoms with Gasteiger partial charge in [-0.2, -0.15) is 0 Å². The van der Waals surface area contributed by atoms with Gasteiger partial charge in [0, 0.05) is 6.04 Å². The molecule has 0 aliphatic carbocycles. The Morgan fingerprint density at radius 2 is 1.70 bits per heavy atom. The summed E-state index contributed by atoms with van der Waals surface area (Å²) in [5.41, 5.74) is 6.81. The Hall–Kier alpha value is -0.820. The first kappa shape index (κ1) is 9.18. The maximum atomic E-state index is 5.61. The van der Waals surface area contributed by atoms with Crippen LogP contribution < -0.4 is 5.73 Å². The maximum Gasteiger partial charge on any atom is 0.0266 e. The lowest BCUT2D eigenvalue weighted by Crippen LogP contribution is -2.03. The molecule has 1 heteroatoms. The monoisotopic (exact) mass is 137 g/mol. The predicted molar refractivity (Wildman–Crippen MR) is 45.8 cm³/mol. The molecule has 0 saturated carbocycles. The van der Waals surface area contributed by atoms with Gasteiger partial charge in [-0.05, 0) is 12.5 Å². The summed E-state index contributed by atoms with van der Waals surface area (Å²) in [6, 6.07) is 10.2. The lowest BCUT2D eigenvalue weighted by atomic mass is 10.1. The molecule has 0 aliphatic heterocycles. The van der Waals surface area contributed by atoms with E-state index in [4.69, 9.17) is 5.73 Å². The van der Waals surface area contributed by atoms with Gasteiger partial charge in [-0.15, -0.1) is 0 Å². The van der Waals surface area contributed by atoms with Crippen molar-refractivity contribution in [3.05, 3.63) is 35.9 Å². The zero-order chi connectivity index (χ0) is 6.69. The molecule has 0 saturated heterocycles. The smallest absolute Gasteiger partial charge is 0.0266 e. The Balaban J connectivity index is 0.000000810. The fourth-order valence-corrected chi connectivity index (χ4v) is 0.757. The molecule has 10 heavy (non-hydrogen) atoms. The van der Waals surface area contributed by atoms with Crippen molar-refractivity contribution in [3.63, 3.8) is 0 Å². The van der Waals surface area contributed by atoms with Gasteiger partial charge in [0.2, 0.25) is 0 Å². The number of nitrogens with two attached hydrogens (primary N) is 1. The topological polar surface area (TPSA) is 26.0 Å². The molecule has 0 aliphatic rings. The van der Waals surface area contributed by atoms with E-state index in [0.717, 1.165) is 0 Å². The van der Waals surface area contributed by atoms with Gasteiger partial charge in [-0.25, -0.2) is 0 Å². The summed E-state index contributed by atoms with van der Waals surface area (Å²) in [5, 5.41) is 0. The Bertz CT molecular complexity index is 167. The Labute approximate surface area is 62.9 Å². The molecule has 1 rings (SSSR count). The highest BCUT2D eigenvalue weighted by molar-refractivity contribution is 5.17. The largest absolute Gasteiger partial charge is 0.324 e. The van der Waals surface area contributed by atoms with E-state index in [0.29, 0.717) is 0 Å². The van der Waals surface area contributed by atoms with Crippen LogP contribution in [-0.2, 0) is 0 Å². The van der Waals surface area contributed by atoms with Crippen LogP contribution >= 0.6 is 0 Å². The van der Waals surface area contributed by atoms with Crippen LogP contribution in [0.25, 0.3) is 0 Å². The van der Waals surface area contributed by atoms with Gasteiger partial charge in [0.1, 0.15) is 0 Å². The van der Waals surface area contributed by atoms with Crippen molar-refractivity contribution < 1.29 is 0 Å². The first-order valence-corrected chi connectivity index (χ1v) is 3.11. The van der Waals surface area contributed by atoms with Crippen molar-refractivity contribution in [2.75, 3.05) is 0 Å². The Kier molecular flexibility index (Phi) is 3.74. The Morgan fingerprint density at radius 3 is 2.00 bits per heavy atom. The molecule has 1 unspecified atom stereocenters. The van der Waals surface area contributed by atoms with Gasteiger partial charge in [-0.3, -0.25) is 0 Å². The second kappa shape index (κ2) is 4.07. The van der Waals surface area contributed by atoms with Crippen molar-refractivity contribution in [2.45, 2.75) is 20.4 Å². The molecule has 2 N–H and O–H groups in total. The summed E-state index contributed by atoms with van der Waals surface area (Å²) < 4.78 is 0. The minimum atomic E-state index is 0. The van der Waals surface area contributed by atoms with Crippen LogP contribution in [0.1, 0.15) is 26.0 Å².